The maximum absolute atomic E-state index is 4.18. The first-order valence-electron chi connectivity index (χ1n) is 5.93. The third-order valence-corrected chi connectivity index (χ3v) is 3.13. The van der Waals surface area contributed by atoms with Crippen molar-refractivity contribution in [1.82, 2.24) is 4.98 Å². The van der Waals surface area contributed by atoms with E-state index in [-0.39, 0.29) is 0 Å². The van der Waals surface area contributed by atoms with Crippen LogP contribution >= 0.6 is 11.8 Å². The normalized spacial score (nSPS) is 9.35. The molecule has 17 heavy (non-hydrogen) atoms. The molecule has 0 bridgehead atoms. The third-order valence-electron chi connectivity index (χ3n) is 2.10. The molecule has 0 saturated carbocycles. The van der Waals surface area contributed by atoms with Gasteiger partial charge in [-0.15, -0.1) is 11.8 Å². The largest absolute Gasteiger partial charge is 0.263 e. The molecule has 1 nitrogen and oxygen atoms in total. The standard InChI is InChI=1S/C13H13NS.C2H6/c1-11-7-13(9-14-8-11)15-10-12-5-3-2-4-6-12;1-2/h2-9H,10H2,1H3;1-2H3. The minimum Gasteiger partial charge on any atom is -0.263 e. The summed E-state index contributed by atoms with van der Waals surface area (Å²) in [7, 11) is 0. The number of aryl methyl sites for hydroxylation is 1. The monoisotopic (exact) mass is 245 g/mol. The van der Waals surface area contributed by atoms with Gasteiger partial charge in [0.05, 0.1) is 0 Å². The van der Waals surface area contributed by atoms with E-state index in [1.807, 2.05) is 44.1 Å². The number of nitrogens with zero attached hydrogens (tertiary/aromatic N) is 1. The fourth-order valence-electron chi connectivity index (χ4n) is 1.35. The topological polar surface area (TPSA) is 12.9 Å². The molecule has 0 N–H and O–H groups in total. The highest BCUT2D eigenvalue weighted by molar-refractivity contribution is 7.98. The van der Waals surface area contributed by atoms with Crippen molar-refractivity contribution in [3.8, 4) is 0 Å². The molecule has 1 aromatic carbocycles. The quantitative estimate of drug-likeness (QED) is 0.726. The SMILES string of the molecule is CC.Cc1cncc(SCc2ccccc2)c1. The van der Waals surface area contributed by atoms with Crippen LogP contribution in [0.4, 0.5) is 0 Å². The zero-order valence-corrected chi connectivity index (χ0v) is 11.5. The summed E-state index contributed by atoms with van der Waals surface area (Å²) in [4.78, 5) is 5.41. The van der Waals surface area contributed by atoms with Crippen LogP contribution in [0.5, 0.6) is 0 Å². The summed E-state index contributed by atoms with van der Waals surface area (Å²) in [5.41, 5.74) is 2.57. The highest BCUT2D eigenvalue weighted by Crippen LogP contribution is 2.22. The van der Waals surface area contributed by atoms with Gasteiger partial charge in [-0.3, -0.25) is 4.98 Å². The molecule has 1 heterocycles. The second-order valence-electron chi connectivity index (χ2n) is 3.47. The Morgan fingerprint density at radius 1 is 1.06 bits per heavy atom. The molecule has 1 aromatic heterocycles. The summed E-state index contributed by atoms with van der Waals surface area (Å²) in [6, 6.07) is 12.7. The molecular weight excluding hydrogens is 226 g/mol. The summed E-state index contributed by atoms with van der Waals surface area (Å²) in [5, 5.41) is 0. The molecule has 90 valence electrons. The Hall–Kier alpha value is -1.28. The van der Waals surface area contributed by atoms with Gasteiger partial charge < -0.3 is 0 Å². The van der Waals surface area contributed by atoms with Crippen molar-refractivity contribution in [2.24, 2.45) is 0 Å². The van der Waals surface area contributed by atoms with Gasteiger partial charge in [0.1, 0.15) is 0 Å². The Kier molecular flexibility index (Phi) is 6.41. The van der Waals surface area contributed by atoms with Crippen LogP contribution in [0.25, 0.3) is 0 Å². The van der Waals surface area contributed by atoms with Crippen molar-refractivity contribution < 1.29 is 0 Å². The average Bonchev–Trinajstić information content (AvgIpc) is 2.40. The lowest BCUT2D eigenvalue weighted by Crippen LogP contribution is -1.82. The third kappa shape index (κ3) is 5.05. The first-order chi connectivity index (χ1) is 8.34. The second kappa shape index (κ2) is 7.91. The van der Waals surface area contributed by atoms with E-state index in [1.54, 1.807) is 0 Å². The first-order valence-corrected chi connectivity index (χ1v) is 6.91. The van der Waals surface area contributed by atoms with E-state index in [1.165, 1.54) is 16.0 Å². The number of rotatable bonds is 3. The van der Waals surface area contributed by atoms with Crippen molar-refractivity contribution in [3.05, 3.63) is 59.9 Å². The minimum atomic E-state index is 1.01. The molecule has 2 heteroatoms. The molecule has 0 aliphatic heterocycles. The molecule has 0 spiro atoms. The number of benzene rings is 1. The Morgan fingerprint density at radius 2 is 1.76 bits per heavy atom. The number of aromatic nitrogens is 1. The molecule has 0 unspecified atom stereocenters. The van der Waals surface area contributed by atoms with Gasteiger partial charge in [-0.1, -0.05) is 44.2 Å². The zero-order valence-electron chi connectivity index (χ0n) is 10.7. The molecule has 0 fully saturated rings. The van der Waals surface area contributed by atoms with Gasteiger partial charge in [0, 0.05) is 23.0 Å². The fourth-order valence-corrected chi connectivity index (χ4v) is 2.28. The van der Waals surface area contributed by atoms with E-state index < -0.39 is 0 Å². The van der Waals surface area contributed by atoms with Gasteiger partial charge >= 0.3 is 0 Å². The van der Waals surface area contributed by atoms with Crippen LogP contribution in [-0.2, 0) is 5.75 Å². The minimum absolute atomic E-state index is 1.01. The maximum Gasteiger partial charge on any atom is 0.0404 e. The lowest BCUT2D eigenvalue weighted by Gasteiger charge is -2.02. The van der Waals surface area contributed by atoms with Gasteiger partial charge in [-0.05, 0) is 24.1 Å². The average molecular weight is 245 g/mol. The van der Waals surface area contributed by atoms with Crippen LogP contribution in [0, 0.1) is 6.92 Å². The molecule has 2 aromatic rings. The number of thioether (sulfide) groups is 1. The van der Waals surface area contributed by atoms with Crippen molar-refractivity contribution in [2.75, 3.05) is 0 Å². The van der Waals surface area contributed by atoms with Crippen LogP contribution in [0.3, 0.4) is 0 Å². The first kappa shape index (κ1) is 13.8. The summed E-state index contributed by atoms with van der Waals surface area (Å²) in [6.07, 6.45) is 3.80. The van der Waals surface area contributed by atoms with Crippen LogP contribution < -0.4 is 0 Å². The lowest BCUT2D eigenvalue weighted by atomic mass is 10.2. The summed E-state index contributed by atoms with van der Waals surface area (Å²) >= 11 is 1.83. The van der Waals surface area contributed by atoms with Crippen LogP contribution in [0.1, 0.15) is 25.0 Å². The Morgan fingerprint density at radius 3 is 2.41 bits per heavy atom. The Balaban J connectivity index is 0.000000686. The fraction of sp³-hybridized carbons (Fsp3) is 0.267. The van der Waals surface area contributed by atoms with Crippen LogP contribution in [0.15, 0.2) is 53.7 Å². The summed E-state index contributed by atoms with van der Waals surface area (Å²) in [6.45, 7) is 6.07. The smallest absolute Gasteiger partial charge is 0.0404 e. The highest BCUT2D eigenvalue weighted by Gasteiger charge is 1.96. The molecule has 0 saturated heterocycles. The van der Waals surface area contributed by atoms with E-state index in [0.29, 0.717) is 0 Å². The molecule has 2 rings (SSSR count). The Labute approximate surface area is 108 Å². The van der Waals surface area contributed by atoms with Crippen molar-refractivity contribution in [2.45, 2.75) is 31.4 Å². The van der Waals surface area contributed by atoms with Gasteiger partial charge in [-0.2, -0.15) is 0 Å². The number of hydrogen-bond donors (Lipinski definition) is 0. The second-order valence-corrected chi connectivity index (χ2v) is 4.52. The molecule has 0 amide bonds. The van der Waals surface area contributed by atoms with Gasteiger partial charge in [0.25, 0.3) is 0 Å². The van der Waals surface area contributed by atoms with E-state index in [2.05, 4.69) is 42.2 Å². The van der Waals surface area contributed by atoms with Crippen molar-refractivity contribution >= 4 is 11.8 Å². The van der Waals surface area contributed by atoms with Crippen LogP contribution in [0.2, 0.25) is 0 Å². The molecule has 0 atom stereocenters. The van der Waals surface area contributed by atoms with Crippen LogP contribution in [-0.4, -0.2) is 4.98 Å². The van der Waals surface area contributed by atoms with E-state index >= 15 is 0 Å². The van der Waals surface area contributed by atoms with Crippen molar-refractivity contribution in [1.29, 1.82) is 0 Å². The molecule has 0 radical (unpaired) electrons. The number of hydrogen-bond acceptors (Lipinski definition) is 2. The maximum atomic E-state index is 4.18. The number of pyridine rings is 1. The molecular formula is C15H19NS. The highest BCUT2D eigenvalue weighted by atomic mass is 32.2. The molecule has 0 aliphatic carbocycles. The summed E-state index contributed by atoms with van der Waals surface area (Å²) in [5.74, 6) is 1.01. The van der Waals surface area contributed by atoms with Gasteiger partial charge in [-0.25, -0.2) is 0 Å². The zero-order chi connectivity index (χ0) is 12.5. The van der Waals surface area contributed by atoms with Crippen molar-refractivity contribution in [3.63, 3.8) is 0 Å². The van der Waals surface area contributed by atoms with Gasteiger partial charge in [0.15, 0.2) is 0 Å². The van der Waals surface area contributed by atoms with E-state index in [9.17, 15) is 0 Å². The lowest BCUT2D eigenvalue weighted by molar-refractivity contribution is 1.19. The van der Waals surface area contributed by atoms with Gasteiger partial charge in [0.2, 0.25) is 0 Å². The summed E-state index contributed by atoms with van der Waals surface area (Å²) < 4.78 is 0. The van der Waals surface area contributed by atoms with E-state index in [4.69, 9.17) is 0 Å². The Bertz CT molecular complexity index is 426. The van der Waals surface area contributed by atoms with E-state index in [0.717, 1.165) is 5.75 Å². The molecule has 0 aliphatic rings. The predicted octanol–water partition coefficient (Wildman–Crippen LogP) is 4.71. The predicted molar refractivity (Wildman–Crippen MR) is 76.3 cm³/mol.